The lowest BCUT2D eigenvalue weighted by Crippen LogP contribution is -2.59. The number of morpholine rings is 1. The fraction of sp³-hybridized carbons (Fsp3) is 0.909. The summed E-state index contributed by atoms with van der Waals surface area (Å²) in [5, 5.41) is 26.8. The van der Waals surface area contributed by atoms with Gasteiger partial charge in [0.1, 0.15) is 43.7 Å². The molecular weight excluding hydrogens is 1010 g/mol. The number of esters is 2. The van der Waals surface area contributed by atoms with Gasteiger partial charge in [-0.25, -0.2) is 4.79 Å². The number of aliphatic hydroxyl groups is 2. The number of likely N-dealkylation sites (N-methyl/N-ethyl adjacent to an activating group) is 1. The first kappa shape index (κ1) is 64.7. The van der Waals surface area contributed by atoms with Crippen molar-refractivity contribution >= 4 is 29.5 Å². The topological polar surface area (TPSA) is 248 Å². The van der Waals surface area contributed by atoms with E-state index in [4.69, 9.17) is 61.7 Å². The number of cyclic esters (lactones) is 1. The number of Topliss-reactive ketones (excluding diaryl/α,β-unsaturated/α-hetero) is 1. The molecule has 444 valence electrons. The van der Waals surface area contributed by atoms with Crippen LogP contribution in [-0.2, 0) is 76.1 Å². The number of ether oxygens (including phenoxy) is 12. The Bertz CT molecular complexity index is 1930. The summed E-state index contributed by atoms with van der Waals surface area (Å²) < 4.78 is 76.0. The van der Waals surface area contributed by atoms with Crippen molar-refractivity contribution in [3.05, 3.63) is 0 Å². The summed E-state index contributed by atoms with van der Waals surface area (Å²) in [6, 6.07) is 0.0188. The number of oxime groups is 1. The fourth-order valence-electron chi connectivity index (χ4n) is 11.8. The molecule has 22 nitrogen and oxygen atoms in total. The number of nitrogens with zero attached hydrogens (tertiary/aromatic N) is 3. The molecule has 22 atom stereocenters. The lowest BCUT2D eigenvalue weighted by Gasteiger charge is -2.45. The summed E-state index contributed by atoms with van der Waals surface area (Å²) in [4.78, 5) is 68.3. The molecule has 1 amide bonds. The van der Waals surface area contributed by atoms with Crippen LogP contribution in [0.5, 0.6) is 0 Å². The average molecular weight is 1100 g/mol. The van der Waals surface area contributed by atoms with Crippen molar-refractivity contribution in [1.29, 1.82) is 0 Å². The number of methoxy groups -OCH3 is 2. The Kier molecular flexibility index (Phi) is 24.4. The maximum absolute atomic E-state index is 15.8. The summed E-state index contributed by atoms with van der Waals surface area (Å²) in [7, 11) is 6.31. The standard InChI is InChI=1S/C55H95N3O19/c1-28(2)22-40(59)73-46-35(9)45(30(4)27-69-53-49(66-16)48(65-15)42(60)38(12)72-53)75-51(63)37(11)47(74-41-23-31(5)57(14)26-33(7)70-41)34(8)44(76-52-43(61)39(56-67-17)24-32(6)71-52)29(3)25-55(13,50(62)36(46)10)77-54(64)58-18-20-68-21-19-58/h28-38,41-49,52-53,60-61H,18-27H2,1-17H3/b56-39+/t29-,30-,31?,32+,33-,34+,35-,36+,37+,38+,41-,42+,43+,44-,45+,46+,47-,48+,49+,52-,53+,55-/m0/s1. The first-order valence-electron chi connectivity index (χ1n) is 27.9. The molecule has 5 aliphatic rings. The van der Waals surface area contributed by atoms with Crippen molar-refractivity contribution in [3.8, 4) is 0 Å². The predicted octanol–water partition coefficient (Wildman–Crippen LogP) is 4.75. The zero-order chi connectivity index (χ0) is 57.2. The monoisotopic (exact) mass is 1100 g/mol. The summed E-state index contributed by atoms with van der Waals surface area (Å²) >= 11 is 0. The molecule has 0 aliphatic carbocycles. The number of hydrogen-bond acceptors (Lipinski definition) is 21. The zero-order valence-electron chi connectivity index (χ0n) is 48.9. The van der Waals surface area contributed by atoms with Crippen molar-refractivity contribution in [2.24, 2.45) is 46.6 Å². The van der Waals surface area contributed by atoms with Crippen molar-refractivity contribution in [1.82, 2.24) is 9.80 Å². The van der Waals surface area contributed by atoms with Gasteiger partial charge in [-0.3, -0.25) is 14.4 Å². The molecule has 5 saturated heterocycles. The third-order valence-corrected chi connectivity index (χ3v) is 16.2. The van der Waals surface area contributed by atoms with Gasteiger partial charge >= 0.3 is 18.0 Å². The second kappa shape index (κ2) is 29.0. The number of aliphatic hydroxyl groups excluding tert-OH is 2. The third-order valence-electron chi connectivity index (χ3n) is 16.2. The molecule has 0 bridgehead atoms. The van der Waals surface area contributed by atoms with E-state index in [9.17, 15) is 19.8 Å². The molecule has 5 fully saturated rings. The molecule has 0 saturated carbocycles. The minimum atomic E-state index is -1.92. The minimum absolute atomic E-state index is 0.0173. The minimum Gasteiger partial charge on any atom is -0.461 e. The summed E-state index contributed by atoms with van der Waals surface area (Å²) in [5.41, 5.74) is -1.62. The number of hydrogen-bond donors (Lipinski definition) is 2. The summed E-state index contributed by atoms with van der Waals surface area (Å²) in [6.07, 6.45) is -13.2. The van der Waals surface area contributed by atoms with E-state index in [2.05, 4.69) is 17.0 Å². The molecule has 2 N–H and O–H groups in total. The highest BCUT2D eigenvalue weighted by Crippen LogP contribution is 2.41. The zero-order valence-corrected chi connectivity index (χ0v) is 48.9. The van der Waals surface area contributed by atoms with E-state index in [1.54, 1.807) is 34.6 Å². The maximum atomic E-state index is 15.8. The third kappa shape index (κ3) is 16.5. The van der Waals surface area contributed by atoms with Gasteiger partial charge in [-0.1, -0.05) is 53.6 Å². The van der Waals surface area contributed by atoms with E-state index in [1.807, 2.05) is 55.5 Å². The fourth-order valence-corrected chi connectivity index (χ4v) is 11.8. The van der Waals surface area contributed by atoms with Crippen LogP contribution in [0.25, 0.3) is 0 Å². The van der Waals surface area contributed by atoms with Crippen LogP contribution in [0.1, 0.15) is 116 Å². The molecule has 0 aromatic carbocycles. The van der Waals surface area contributed by atoms with Gasteiger partial charge in [0.25, 0.3) is 0 Å². The second-order valence-electron chi connectivity index (χ2n) is 23.2. The Hall–Kier alpha value is -3.13. The molecule has 5 rings (SSSR count). The van der Waals surface area contributed by atoms with E-state index < -0.39 is 145 Å². The van der Waals surface area contributed by atoms with E-state index in [1.165, 1.54) is 26.2 Å². The molecule has 5 aliphatic heterocycles. The highest BCUT2D eigenvalue weighted by atomic mass is 16.7. The average Bonchev–Trinajstić information content (AvgIpc) is 3.49. The van der Waals surface area contributed by atoms with Crippen molar-refractivity contribution in [2.75, 3.05) is 67.8 Å². The smallest absolute Gasteiger partial charge is 0.410 e. The molecular formula is C55H95N3O19. The van der Waals surface area contributed by atoms with Crippen molar-refractivity contribution < 1.29 is 91.1 Å². The van der Waals surface area contributed by atoms with Crippen LogP contribution in [0.3, 0.4) is 0 Å². The van der Waals surface area contributed by atoms with E-state index >= 15 is 9.59 Å². The van der Waals surface area contributed by atoms with Crippen LogP contribution < -0.4 is 0 Å². The Morgan fingerprint density at radius 1 is 0.805 bits per heavy atom. The predicted molar refractivity (Wildman–Crippen MR) is 279 cm³/mol. The van der Waals surface area contributed by atoms with Crippen LogP contribution >= 0.6 is 0 Å². The molecule has 0 aromatic rings. The maximum Gasteiger partial charge on any atom is 0.410 e. The number of amides is 1. The number of carbonyl (C=O) groups excluding carboxylic acids is 4. The normalized spacial score (nSPS) is 41.5. The van der Waals surface area contributed by atoms with Crippen molar-refractivity contribution in [2.45, 2.75) is 213 Å². The van der Waals surface area contributed by atoms with Crippen LogP contribution in [0.2, 0.25) is 0 Å². The van der Waals surface area contributed by atoms with Gasteiger partial charge in [0.05, 0.1) is 67.9 Å². The van der Waals surface area contributed by atoms with Gasteiger partial charge in [0.2, 0.25) is 0 Å². The number of rotatable bonds is 15. The van der Waals surface area contributed by atoms with Crippen LogP contribution in [0.15, 0.2) is 5.16 Å². The summed E-state index contributed by atoms with van der Waals surface area (Å²) in [5.74, 6) is -7.24. The van der Waals surface area contributed by atoms with Gasteiger partial charge < -0.3 is 81.7 Å². The SMILES string of the molecule is CO/N=C1\C[C@@H](C)O[C@@H](O[C@@H]2[C@@H](C)[C@H](O[C@H]3CC(C)N(C)C[C@H](C)O3)[C@@H](C)C(=O)O[C@H]([C@@H](C)CO[C@@H]3O[C@H](C)[C@@H](O)[C@@H](OC)[C@H]3OC)[C@H](C)[C@@H](OC(=O)CC(C)C)[C@@H](C)C(=O)[C@@](C)(OC(=O)N3CCOCC3)C[C@@H]2C)[C@@H]1O. The Labute approximate surface area is 456 Å². The number of ketones is 1. The van der Waals surface area contributed by atoms with Crippen molar-refractivity contribution in [3.63, 3.8) is 0 Å². The Morgan fingerprint density at radius 2 is 1.47 bits per heavy atom. The summed E-state index contributed by atoms with van der Waals surface area (Å²) in [6.45, 7) is 25.0. The Morgan fingerprint density at radius 3 is 2.09 bits per heavy atom. The Balaban J connectivity index is 1.70. The van der Waals surface area contributed by atoms with Gasteiger partial charge in [-0.15, -0.1) is 0 Å². The lowest BCUT2D eigenvalue weighted by atomic mass is 9.74. The quantitative estimate of drug-likeness (QED) is 0.128. The van der Waals surface area contributed by atoms with Crippen LogP contribution in [0.4, 0.5) is 4.79 Å². The van der Waals surface area contributed by atoms with Crippen LogP contribution in [0, 0.1) is 41.4 Å². The van der Waals surface area contributed by atoms with Crippen LogP contribution in [-0.4, -0.2) is 215 Å². The highest BCUT2D eigenvalue weighted by Gasteiger charge is 2.53. The molecule has 0 spiro atoms. The molecule has 0 aromatic heterocycles. The molecule has 5 heterocycles. The molecule has 0 radical (unpaired) electrons. The van der Waals surface area contributed by atoms with E-state index in [0.29, 0.717) is 18.7 Å². The van der Waals surface area contributed by atoms with E-state index in [-0.39, 0.29) is 70.2 Å². The lowest BCUT2D eigenvalue weighted by molar-refractivity contribution is -0.305. The highest BCUT2D eigenvalue weighted by molar-refractivity contribution is 5.91. The first-order valence-corrected chi connectivity index (χ1v) is 27.9. The van der Waals surface area contributed by atoms with Gasteiger partial charge in [-0.2, -0.15) is 0 Å². The molecule has 1 unspecified atom stereocenters. The molecule has 77 heavy (non-hydrogen) atoms. The molecule has 22 heteroatoms. The number of carbonyl (C=O) groups is 4. The second-order valence-corrected chi connectivity index (χ2v) is 23.2. The van der Waals surface area contributed by atoms with Gasteiger partial charge in [0.15, 0.2) is 30.3 Å². The first-order chi connectivity index (χ1) is 36.2. The largest absolute Gasteiger partial charge is 0.461 e. The van der Waals surface area contributed by atoms with Gasteiger partial charge in [0, 0.05) is 76.9 Å². The van der Waals surface area contributed by atoms with Gasteiger partial charge in [-0.05, 0) is 66.8 Å². The van der Waals surface area contributed by atoms with E-state index in [0.717, 1.165) is 0 Å².